The molecular formula is C9H13F3O4S. The van der Waals surface area contributed by atoms with Crippen molar-refractivity contribution >= 4 is 16.8 Å². The van der Waals surface area contributed by atoms with Crippen LogP contribution in [0.3, 0.4) is 0 Å². The van der Waals surface area contributed by atoms with E-state index in [4.69, 9.17) is 9.84 Å². The molecule has 4 nitrogen and oxygen atoms in total. The minimum Gasteiger partial charge on any atom is -0.481 e. The summed E-state index contributed by atoms with van der Waals surface area (Å²) in [6.07, 6.45) is -3.71. The molecule has 8 heteroatoms. The van der Waals surface area contributed by atoms with Crippen molar-refractivity contribution in [3.05, 3.63) is 0 Å². The zero-order valence-electron chi connectivity index (χ0n) is 8.90. The highest BCUT2D eigenvalue weighted by molar-refractivity contribution is 7.85. The van der Waals surface area contributed by atoms with Gasteiger partial charge in [0.15, 0.2) is 5.92 Å². The van der Waals surface area contributed by atoms with Crippen molar-refractivity contribution in [2.45, 2.75) is 25.1 Å². The third-order valence-electron chi connectivity index (χ3n) is 2.44. The largest absolute Gasteiger partial charge is 0.481 e. The monoisotopic (exact) mass is 274 g/mol. The Morgan fingerprint density at radius 1 is 1.53 bits per heavy atom. The lowest BCUT2D eigenvalue weighted by Gasteiger charge is -2.16. The molecule has 100 valence electrons. The lowest BCUT2D eigenvalue weighted by molar-refractivity contribution is -0.188. The fraction of sp³-hybridized carbons (Fsp3) is 0.889. The van der Waals surface area contributed by atoms with E-state index in [0.29, 0.717) is 13.0 Å². The van der Waals surface area contributed by atoms with E-state index in [9.17, 15) is 22.2 Å². The number of carboxylic acids is 1. The Kier molecular flexibility index (Phi) is 4.93. The Morgan fingerprint density at radius 2 is 2.18 bits per heavy atom. The predicted octanol–water partition coefficient (Wildman–Crippen LogP) is 1.18. The number of carbonyl (C=O) groups is 1. The van der Waals surface area contributed by atoms with Crippen LogP contribution in [-0.4, -0.2) is 45.7 Å². The van der Waals surface area contributed by atoms with Crippen molar-refractivity contribution < 1.29 is 32.0 Å². The van der Waals surface area contributed by atoms with Gasteiger partial charge >= 0.3 is 12.1 Å². The molecule has 0 aromatic carbocycles. The number of halogens is 3. The summed E-state index contributed by atoms with van der Waals surface area (Å²) in [5, 5.41) is 8.43. The maximum atomic E-state index is 12.3. The third kappa shape index (κ3) is 4.63. The topological polar surface area (TPSA) is 63.6 Å². The quantitative estimate of drug-likeness (QED) is 0.817. The number of hydrogen-bond acceptors (Lipinski definition) is 3. The normalized spacial score (nSPS) is 24.5. The van der Waals surface area contributed by atoms with E-state index >= 15 is 0 Å². The zero-order valence-corrected chi connectivity index (χ0v) is 9.72. The van der Waals surface area contributed by atoms with Crippen molar-refractivity contribution in [2.24, 2.45) is 5.92 Å². The standard InChI is InChI=1S/C9H13F3O4S/c10-9(11,12)7(8(13)14)5-17(15)4-6-2-1-3-16-6/h6-7H,1-5H2,(H,13,14). The molecule has 0 aromatic rings. The average molecular weight is 274 g/mol. The molecule has 1 aliphatic rings. The van der Waals surface area contributed by atoms with Gasteiger partial charge in [0.2, 0.25) is 0 Å². The van der Waals surface area contributed by atoms with Crippen molar-refractivity contribution in [1.29, 1.82) is 0 Å². The van der Waals surface area contributed by atoms with E-state index in [0.717, 1.165) is 6.42 Å². The van der Waals surface area contributed by atoms with E-state index in [1.165, 1.54) is 0 Å². The second kappa shape index (κ2) is 5.81. The molecule has 0 bridgehead atoms. The van der Waals surface area contributed by atoms with Crippen LogP contribution in [-0.2, 0) is 20.3 Å². The van der Waals surface area contributed by atoms with Crippen molar-refractivity contribution in [1.82, 2.24) is 0 Å². The summed E-state index contributed by atoms with van der Waals surface area (Å²) in [6, 6.07) is 0. The van der Waals surface area contributed by atoms with E-state index in [1.54, 1.807) is 0 Å². The Hall–Kier alpha value is -0.630. The fourth-order valence-electron chi connectivity index (χ4n) is 1.54. The first-order valence-corrected chi connectivity index (χ1v) is 6.55. The molecule has 1 saturated heterocycles. The highest BCUT2D eigenvalue weighted by Gasteiger charge is 2.46. The van der Waals surface area contributed by atoms with Gasteiger partial charge in [-0.05, 0) is 12.8 Å². The van der Waals surface area contributed by atoms with Gasteiger partial charge in [-0.1, -0.05) is 0 Å². The van der Waals surface area contributed by atoms with Gasteiger partial charge in [-0.25, -0.2) is 0 Å². The molecule has 0 spiro atoms. The Bertz CT molecular complexity index is 299. The maximum Gasteiger partial charge on any atom is 0.403 e. The van der Waals surface area contributed by atoms with Crippen LogP contribution in [0.2, 0.25) is 0 Å². The zero-order chi connectivity index (χ0) is 13.1. The molecule has 1 aliphatic heterocycles. The first-order valence-electron chi connectivity index (χ1n) is 5.07. The second-order valence-corrected chi connectivity index (χ2v) is 5.39. The average Bonchev–Trinajstić information content (AvgIpc) is 2.64. The minimum atomic E-state index is -4.86. The van der Waals surface area contributed by atoms with Gasteiger partial charge in [0.25, 0.3) is 0 Å². The van der Waals surface area contributed by atoms with Crippen LogP contribution in [0.25, 0.3) is 0 Å². The summed E-state index contributed by atoms with van der Waals surface area (Å²) in [4.78, 5) is 10.4. The molecule has 3 unspecified atom stereocenters. The van der Waals surface area contributed by atoms with Crippen LogP contribution in [0, 0.1) is 5.92 Å². The van der Waals surface area contributed by atoms with Crippen molar-refractivity contribution in [2.75, 3.05) is 18.1 Å². The van der Waals surface area contributed by atoms with Gasteiger partial charge in [0.1, 0.15) is 0 Å². The molecule has 3 atom stereocenters. The van der Waals surface area contributed by atoms with Crippen LogP contribution in [0.5, 0.6) is 0 Å². The van der Waals surface area contributed by atoms with Gasteiger partial charge in [-0.3, -0.25) is 9.00 Å². The number of hydrogen-bond donors (Lipinski definition) is 1. The van der Waals surface area contributed by atoms with E-state index in [-0.39, 0.29) is 11.9 Å². The summed E-state index contributed by atoms with van der Waals surface area (Å²) in [5.74, 6) is -5.48. The van der Waals surface area contributed by atoms with Crippen LogP contribution < -0.4 is 0 Å². The van der Waals surface area contributed by atoms with E-state index < -0.39 is 34.6 Å². The highest BCUT2D eigenvalue weighted by atomic mass is 32.2. The summed E-state index contributed by atoms with van der Waals surface area (Å²) >= 11 is 0. The number of alkyl halides is 3. The summed E-state index contributed by atoms with van der Waals surface area (Å²) in [6.45, 7) is 0.517. The number of carboxylic acid groups (broad SMARTS) is 1. The molecule has 0 aromatic heterocycles. The molecule has 1 heterocycles. The Balaban J connectivity index is 2.49. The molecule has 17 heavy (non-hydrogen) atoms. The first-order chi connectivity index (χ1) is 7.80. The smallest absolute Gasteiger partial charge is 0.403 e. The molecule has 1 fully saturated rings. The second-order valence-electron chi connectivity index (χ2n) is 3.84. The lowest BCUT2D eigenvalue weighted by Crippen LogP contribution is -2.36. The van der Waals surface area contributed by atoms with Crippen LogP contribution in [0.1, 0.15) is 12.8 Å². The Morgan fingerprint density at radius 3 is 2.59 bits per heavy atom. The molecule has 1 N–H and O–H groups in total. The van der Waals surface area contributed by atoms with Crippen LogP contribution in [0.4, 0.5) is 13.2 Å². The highest BCUT2D eigenvalue weighted by Crippen LogP contribution is 2.27. The number of rotatable bonds is 5. The van der Waals surface area contributed by atoms with Crippen LogP contribution >= 0.6 is 0 Å². The molecule has 0 amide bonds. The van der Waals surface area contributed by atoms with E-state index in [2.05, 4.69) is 0 Å². The minimum absolute atomic E-state index is 0.0279. The summed E-state index contributed by atoms with van der Waals surface area (Å²) in [5.41, 5.74) is 0. The molecule has 0 aliphatic carbocycles. The van der Waals surface area contributed by atoms with Crippen molar-refractivity contribution in [3.63, 3.8) is 0 Å². The lowest BCUT2D eigenvalue weighted by atomic mass is 10.2. The number of aliphatic carboxylic acids is 1. The first kappa shape index (κ1) is 14.4. The van der Waals surface area contributed by atoms with Gasteiger partial charge in [-0.15, -0.1) is 0 Å². The third-order valence-corrected chi connectivity index (χ3v) is 3.89. The molecule has 0 radical (unpaired) electrons. The molecule has 0 saturated carbocycles. The summed E-state index contributed by atoms with van der Waals surface area (Å²) in [7, 11) is -1.83. The summed E-state index contributed by atoms with van der Waals surface area (Å²) < 4.78 is 53.5. The predicted molar refractivity (Wildman–Crippen MR) is 54.0 cm³/mol. The van der Waals surface area contributed by atoms with Gasteiger partial charge < -0.3 is 9.84 Å². The van der Waals surface area contributed by atoms with Crippen LogP contribution in [0.15, 0.2) is 0 Å². The van der Waals surface area contributed by atoms with Gasteiger partial charge in [0, 0.05) is 28.9 Å². The number of ether oxygens (including phenoxy) is 1. The van der Waals surface area contributed by atoms with Crippen molar-refractivity contribution in [3.8, 4) is 0 Å². The maximum absolute atomic E-state index is 12.3. The molecule has 1 rings (SSSR count). The van der Waals surface area contributed by atoms with Gasteiger partial charge in [-0.2, -0.15) is 13.2 Å². The van der Waals surface area contributed by atoms with Gasteiger partial charge in [0.05, 0.1) is 6.10 Å². The Labute approximate surface area is 98.6 Å². The fourth-order valence-corrected chi connectivity index (χ4v) is 3.06. The SMILES string of the molecule is O=C(O)C(CS(=O)CC1CCCO1)C(F)(F)F. The molecular weight excluding hydrogens is 261 g/mol. The van der Waals surface area contributed by atoms with E-state index in [1.807, 2.05) is 0 Å².